The van der Waals surface area contributed by atoms with Crippen molar-refractivity contribution < 1.29 is 31.4 Å². The number of aryl methyl sites for hydroxylation is 1. The molecule has 0 unspecified atom stereocenters. The lowest BCUT2D eigenvalue weighted by Crippen LogP contribution is -2.15. The molecule has 7 heteroatoms. The Morgan fingerprint density at radius 2 is 1.32 bits per heavy atom. The van der Waals surface area contributed by atoms with Crippen molar-refractivity contribution in [3.8, 4) is 22.6 Å². The fourth-order valence-corrected chi connectivity index (χ4v) is 5.20. The Balaban J connectivity index is 1.37. The van der Waals surface area contributed by atoms with Crippen LogP contribution >= 0.6 is 0 Å². The van der Waals surface area contributed by atoms with Crippen LogP contribution in [0.4, 0.5) is 22.0 Å². The Hall–Kier alpha value is -3.09. The van der Waals surface area contributed by atoms with Crippen LogP contribution < -0.4 is 9.47 Å². The highest BCUT2D eigenvalue weighted by molar-refractivity contribution is 5.66. The number of hydrogen-bond donors (Lipinski definition) is 0. The van der Waals surface area contributed by atoms with Gasteiger partial charge in [-0.15, -0.1) is 0 Å². The molecule has 1 aliphatic rings. The van der Waals surface area contributed by atoms with E-state index in [9.17, 15) is 17.6 Å². The van der Waals surface area contributed by atoms with Gasteiger partial charge in [-0.3, -0.25) is 0 Å². The zero-order chi connectivity index (χ0) is 26.5. The molecule has 3 aromatic rings. The zero-order valence-corrected chi connectivity index (χ0v) is 21.1. The summed E-state index contributed by atoms with van der Waals surface area (Å²) < 4.78 is 82.6. The van der Waals surface area contributed by atoms with Crippen molar-refractivity contribution in [1.82, 2.24) is 0 Å². The van der Waals surface area contributed by atoms with Crippen LogP contribution in [-0.2, 0) is 6.42 Å². The van der Waals surface area contributed by atoms with Gasteiger partial charge in [0.1, 0.15) is 5.82 Å². The van der Waals surface area contributed by atoms with Gasteiger partial charge < -0.3 is 9.47 Å². The minimum absolute atomic E-state index is 0.0202. The summed E-state index contributed by atoms with van der Waals surface area (Å²) in [6, 6.07) is 10.3. The zero-order valence-electron chi connectivity index (χ0n) is 21.1. The van der Waals surface area contributed by atoms with Crippen molar-refractivity contribution in [2.24, 2.45) is 5.92 Å². The van der Waals surface area contributed by atoms with E-state index in [0.29, 0.717) is 23.5 Å². The molecule has 0 atom stereocenters. The Bertz CT molecular complexity index is 1240. The molecule has 1 fully saturated rings. The molecule has 37 heavy (non-hydrogen) atoms. The van der Waals surface area contributed by atoms with E-state index in [4.69, 9.17) is 9.47 Å². The van der Waals surface area contributed by atoms with Crippen LogP contribution in [0.3, 0.4) is 0 Å². The van der Waals surface area contributed by atoms with E-state index < -0.39 is 29.1 Å². The third-order valence-electron chi connectivity index (χ3n) is 7.19. The first-order valence-corrected chi connectivity index (χ1v) is 12.8. The Kier molecular flexibility index (Phi) is 8.72. The van der Waals surface area contributed by atoms with Crippen LogP contribution in [0.25, 0.3) is 11.1 Å². The van der Waals surface area contributed by atoms with E-state index in [2.05, 4.69) is 0 Å². The Labute approximate surface area is 214 Å². The summed E-state index contributed by atoms with van der Waals surface area (Å²) >= 11 is 0. The van der Waals surface area contributed by atoms with Gasteiger partial charge in [-0.25, -0.2) is 13.2 Å². The first-order valence-electron chi connectivity index (χ1n) is 12.8. The van der Waals surface area contributed by atoms with E-state index in [0.717, 1.165) is 32.1 Å². The number of halogens is 5. The van der Waals surface area contributed by atoms with Crippen LogP contribution in [0.1, 0.15) is 63.0 Å². The summed E-state index contributed by atoms with van der Waals surface area (Å²) in [5.41, 5.74) is 1.14. The van der Waals surface area contributed by atoms with Crippen molar-refractivity contribution in [3.63, 3.8) is 0 Å². The van der Waals surface area contributed by atoms with Gasteiger partial charge >= 0.3 is 0 Å². The smallest absolute Gasteiger partial charge is 0.201 e. The first-order chi connectivity index (χ1) is 17.8. The Morgan fingerprint density at radius 3 is 1.95 bits per heavy atom. The molecule has 3 aromatic carbocycles. The standard InChI is InChI=1S/C30H31F5O2/c1-3-36-25-15-12-20(27(32)29(25)34)10-7-18-5-8-19(9-6-18)22-13-11-21(17-24(22)31)23-14-16-26(37-4-2)30(35)28(23)33/h11-19H,3-10H2,1-2H3. The van der Waals surface area contributed by atoms with Gasteiger partial charge in [-0.1, -0.05) is 18.2 Å². The van der Waals surface area contributed by atoms with Crippen molar-refractivity contribution >= 4 is 0 Å². The fourth-order valence-electron chi connectivity index (χ4n) is 5.20. The van der Waals surface area contributed by atoms with Gasteiger partial charge in [-0.05, 0) is 105 Å². The number of benzene rings is 3. The quantitative estimate of drug-likeness (QED) is 0.264. The fraction of sp³-hybridized carbons (Fsp3) is 0.400. The molecule has 0 spiro atoms. The maximum Gasteiger partial charge on any atom is 0.201 e. The summed E-state index contributed by atoms with van der Waals surface area (Å²) in [4.78, 5) is 0. The normalized spacial score (nSPS) is 17.6. The average Bonchev–Trinajstić information content (AvgIpc) is 2.90. The lowest BCUT2D eigenvalue weighted by molar-refractivity contribution is 0.302. The van der Waals surface area contributed by atoms with E-state index in [-0.39, 0.29) is 41.8 Å². The van der Waals surface area contributed by atoms with Crippen LogP contribution in [0.5, 0.6) is 11.5 Å². The van der Waals surface area contributed by atoms with Gasteiger partial charge in [0.25, 0.3) is 0 Å². The van der Waals surface area contributed by atoms with E-state index in [1.807, 2.05) is 0 Å². The summed E-state index contributed by atoms with van der Waals surface area (Å²) in [7, 11) is 0. The molecule has 1 saturated carbocycles. The average molecular weight is 519 g/mol. The minimum Gasteiger partial charge on any atom is -0.491 e. The minimum atomic E-state index is -1.09. The predicted molar refractivity (Wildman–Crippen MR) is 133 cm³/mol. The number of ether oxygens (including phenoxy) is 2. The van der Waals surface area contributed by atoms with E-state index in [1.54, 1.807) is 32.0 Å². The SMILES string of the molecule is CCOc1ccc(CCC2CCC(c3ccc(-c4ccc(OCC)c(F)c4F)cc3F)CC2)c(F)c1F. The third kappa shape index (κ3) is 5.91. The molecule has 1 aliphatic carbocycles. The molecule has 0 amide bonds. The molecule has 0 aliphatic heterocycles. The molecular formula is C30H31F5O2. The molecule has 4 rings (SSSR count). The van der Waals surface area contributed by atoms with Crippen LogP contribution in [-0.4, -0.2) is 13.2 Å². The van der Waals surface area contributed by atoms with Crippen molar-refractivity contribution in [2.45, 2.75) is 58.3 Å². The topological polar surface area (TPSA) is 18.5 Å². The third-order valence-corrected chi connectivity index (χ3v) is 7.19. The predicted octanol–water partition coefficient (Wildman–Crippen LogP) is 8.75. The van der Waals surface area contributed by atoms with Gasteiger partial charge in [0.15, 0.2) is 23.1 Å². The lowest BCUT2D eigenvalue weighted by atomic mass is 9.76. The maximum absolute atomic E-state index is 15.1. The molecule has 0 aromatic heterocycles. The van der Waals surface area contributed by atoms with Crippen LogP contribution in [0.2, 0.25) is 0 Å². The second-order valence-corrected chi connectivity index (χ2v) is 9.45. The van der Waals surface area contributed by atoms with Crippen LogP contribution in [0, 0.1) is 35.0 Å². The van der Waals surface area contributed by atoms with Gasteiger partial charge in [-0.2, -0.15) is 8.78 Å². The van der Waals surface area contributed by atoms with Crippen molar-refractivity contribution in [3.05, 3.63) is 82.7 Å². The maximum atomic E-state index is 15.1. The van der Waals surface area contributed by atoms with E-state index in [1.165, 1.54) is 24.3 Å². The highest BCUT2D eigenvalue weighted by Gasteiger charge is 2.26. The second kappa shape index (κ2) is 12.0. The van der Waals surface area contributed by atoms with Crippen molar-refractivity contribution in [1.29, 1.82) is 0 Å². The first kappa shape index (κ1) is 27.0. The highest BCUT2D eigenvalue weighted by atomic mass is 19.2. The molecule has 0 N–H and O–H groups in total. The summed E-state index contributed by atoms with van der Waals surface area (Å²) in [6.45, 7) is 3.86. The molecule has 198 valence electrons. The molecular weight excluding hydrogens is 487 g/mol. The lowest BCUT2D eigenvalue weighted by Gasteiger charge is -2.29. The highest BCUT2D eigenvalue weighted by Crippen LogP contribution is 2.40. The Morgan fingerprint density at radius 1 is 0.703 bits per heavy atom. The number of rotatable bonds is 9. The number of hydrogen-bond acceptors (Lipinski definition) is 2. The van der Waals surface area contributed by atoms with Crippen molar-refractivity contribution in [2.75, 3.05) is 13.2 Å². The van der Waals surface area contributed by atoms with Gasteiger partial charge in [0, 0.05) is 5.56 Å². The van der Waals surface area contributed by atoms with Crippen LogP contribution in [0.15, 0.2) is 42.5 Å². The molecule has 0 bridgehead atoms. The summed E-state index contributed by atoms with van der Waals surface area (Å²) in [5.74, 6) is -4.29. The molecule has 0 radical (unpaired) electrons. The summed E-state index contributed by atoms with van der Waals surface area (Å²) in [5, 5.41) is 0. The molecule has 2 nitrogen and oxygen atoms in total. The largest absolute Gasteiger partial charge is 0.491 e. The van der Waals surface area contributed by atoms with E-state index >= 15 is 4.39 Å². The van der Waals surface area contributed by atoms with Gasteiger partial charge in [0.2, 0.25) is 11.6 Å². The molecule has 0 saturated heterocycles. The monoisotopic (exact) mass is 518 g/mol. The second-order valence-electron chi connectivity index (χ2n) is 9.45. The van der Waals surface area contributed by atoms with Gasteiger partial charge in [0.05, 0.1) is 13.2 Å². The summed E-state index contributed by atoms with van der Waals surface area (Å²) in [6.07, 6.45) is 4.40. The molecule has 0 heterocycles.